The van der Waals surface area contributed by atoms with Crippen LogP contribution in [0.15, 0.2) is 24.3 Å². The van der Waals surface area contributed by atoms with E-state index in [2.05, 4.69) is 46.8 Å². The van der Waals surface area contributed by atoms with Crippen LogP contribution in [-0.4, -0.2) is 87.9 Å². The average molecular weight is 767 g/mol. The minimum absolute atomic E-state index is 0.110. The summed E-state index contributed by atoms with van der Waals surface area (Å²) in [5, 5.41) is 18.9. The molecule has 0 radical (unpaired) electrons. The van der Waals surface area contributed by atoms with Crippen molar-refractivity contribution < 1.29 is 43.4 Å². The first kappa shape index (κ1) is 48.7. The molecule has 0 bridgehead atoms. The fourth-order valence-corrected chi connectivity index (χ4v) is 5.68. The number of imide groups is 1. The number of amides is 7. The number of unbranched alkanes of at least 4 members (excludes halogenated alkanes) is 3. The second-order valence-corrected chi connectivity index (χ2v) is 14.5. The summed E-state index contributed by atoms with van der Waals surface area (Å²) in [5.41, 5.74) is 5.80. The predicted molar refractivity (Wildman–Crippen MR) is 207 cm³/mol. The van der Waals surface area contributed by atoms with Crippen LogP contribution in [0.4, 0.5) is 15.3 Å². The molecule has 0 aliphatic carbocycles. The van der Waals surface area contributed by atoms with E-state index in [-0.39, 0.29) is 54.9 Å². The third-order valence-corrected chi connectivity index (χ3v) is 9.29. The third kappa shape index (κ3) is 22.4. The summed E-state index contributed by atoms with van der Waals surface area (Å²) in [5.74, 6) is -1.72. The lowest BCUT2D eigenvalue weighted by molar-refractivity contribution is -0.138. The summed E-state index contributed by atoms with van der Waals surface area (Å²) in [6.45, 7) is 14.6. The average Bonchev–Trinajstić information content (AvgIpc) is 3.38. The van der Waals surface area contributed by atoms with Crippen LogP contribution in [0, 0.1) is 5.92 Å². The summed E-state index contributed by atoms with van der Waals surface area (Å²) in [6, 6.07) is 5.12. The van der Waals surface area contributed by atoms with Gasteiger partial charge in [0.2, 0.25) is 29.5 Å². The molecule has 2 rings (SSSR count). The Kier molecular flexibility index (Phi) is 25.9. The van der Waals surface area contributed by atoms with E-state index in [1.54, 1.807) is 49.9 Å². The van der Waals surface area contributed by atoms with Gasteiger partial charge < -0.3 is 36.8 Å². The van der Waals surface area contributed by atoms with E-state index in [0.29, 0.717) is 48.9 Å². The molecular formula is C37H62N6O9S. The minimum atomic E-state index is -1.38. The molecule has 1 aromatic rings. The summed E-state index contributed by atoms with van der Waals surface area (Å²) >= 11 is 1.55. The number of carbonyl (C=O) groups excluding carboxylic acids is 6. The van der Waals surface area contributed by atoms with Gasteiger partial charge in [0.25, 0.3) is 0 Å². The van der Waals surface area contributed by atoms with Gasteiger partial charge in [0.05, 0.1) is 11.8 Å². The number of nitrogens with one attached hydrogen (secondary N) is 4. The number of nitrogens with zero attached hydrogens (tertiary/aromatic N) is 1. The number of hydrogen-bond donors (Lipinski definition) is 6. The number of likely N-dealkylation sites (tertiary alicyclic amines) is 1. The number of benzene rings is 1. The van der Waals surface area contributed by atoms with Crippen LogP contribution in [-0.2, 0) is 35.3 Å². The van der Waals surface area contributed by atoms with Crippen molar-refractivity contribution in [3.05, 3.63) is 29.8 Å². The molecule has 1 aromatic carbocycles. The molecule has 7 amide bonds. The van der Waals surface area contributed by atoms with Gasteiger partial charge in [-0.05, 0) is 49.3 Å². The molecule has 1 aliphatic rings. The Labute approximate surface area is 318 Å². The number of hydrogen-bond acceptors (Lipinski definition) is 9. The van der Waals surface area contributed by atoms with E-state index < -0.39 is 30.0 Å². The SMILES string of the molecule is CCC(C)SC1CC(=O)N(CCCCCC(=O)NC(C(=O)NCC(=O)Nc2ccc(COC(=O)O)cc2)C(C)C)C1=O.CCCC.CCCNC(N)=O. The minimum Gasteiger partial charge on any atom is -0.450 e. The van der Waals surface area contributed by atoms with Gasteiger partial charge in [-0.1, -0.05) is 79.9 Å². The molecule has 53 heavy (non-hydrogen) atoms. The lowest BCUT2D eigenvalue weighted by Crippen LogP contribution is -2.51. The highest BCUT2D eigenvalue weighted by molar-refractivity contribution is 8.01. The highest BCUT2D eigenvalue weighted by atomic mass is 32.2. The zero-order valence-corrected chi connectivity index (χ0v) is 33.3. The van der Waals surface area contributed by atoms with Crippen molar-refractivity contribution in [1.82, 2.24) is 20.9 Å². The van der Waals surface area contributed by atoms with E-state index in [4.69, 9.17) is 10.8 Å². The third-order valence-electron chi connectivity index (χ3n) is 7.80. The van der Waals surface area contributed by atoms with E-state index >= 15 is 0 Å². The lowest BCUT2D eigenvalue weighted by atomic mass is 10.0. The smallest absolute Gasteiger partial charge is 0.450 e. The normalized spacial score (nSPS) is 14.5. The maximum Gasteiger partial charge on any atom is 0.506 e. The molecule has 1 heterocycles. The lowest BCUT2D eigenvalue weighted by Gasteiger charge is -2.21. The molecule has 0 aromatic heterocycles. The first-order valence-corrected chi connectivity index (χ1v) is 19.4. The number of nitrogens with two attached hydrogens (primary N) is 1. The van der Waals surface area contributed by atoms with Crippen molar-refractivity contribution in [2.45, 2.75) is 129 Å². The molecule has 1 aliphatic heterocycles. The van der Waals surface area contributed by atoms with E-state index in [0.717, 1.165) is 12.8 Å². The Morgan fingerprint density at radius 2 is 1.57 bits per heavy atom. The van der Waals surface area contributed by atoms with Crippen LogP contribution in [0.3, 0.4) is 0 Å². The first-order valence-electron chi connectivity index (χ1n) is 18.4. The molecule has 16 heteroatoms. The number of urea groups is 1. The zero-order valence-electron chi connectivity index (χ0n) is 32.5. The van der Waals surface area contributed by atoms with Crippen LogP contribution >= 0.6 is 11.8 Å². The maximum atomic E-state index is 12.7. The van der Waals surface area contributed by atoms with Crippen LogP contribution in [0.2, 0.25) is 0 Å². The Balaban J connectivity index is 0.00000213. The Morgan fingerprint density at radius 3 is 2.08 bits per heavy atom. The van der Waals surface area contributed by atoms with Crippen LogP contribution in [0.25, 0.3) is 0 Å². The number of primary amides is 1. The molecule has 1 fully saturated rings. The van der Waals surface area contributed by atoms with Crippen molar-refractivity contribution in [2.75, 3.05) is 25.0 Å². The van der Waals surface area contributed by atoms with E-state index in [1.807, 2.05) is 13.8 Å². The summed E-state index contributed by atoms with van der Waals surface area (Å²) in [7, 11) is 0. The highest BCUT2D eigenvalue weighted by Crippen LogP contribution is 2.29. The van der Waals surface area contributed by atoms with Gasteiger partial charge in [-0.3, -0.25) is 28.9 Å². The summed E-state index contributed by atoms with van der Waals surface area (Å²) in [6.07, 6.45) is 5.37. The monoisotopic (exact) mass is 766 g/mol. The van der Waals surface area contributed by atoms with Gasteiger partial charge in [0.15, 0.2) is 0 Å². The number of rotatable bonds is 20. The highest BCUT2D eigenvalue weighted by Gasteiger charge is 2.39. The number of anilines is 1. The number of carboxylic acid groups (broad SMARTS) is 1. The predicted octanol–water partition coefficient (Wildman–Crippen LogP) is 5.17. The molecule has 15 nitrogen and oxygen atoms in total. The van der Waals surface area contributed by atoms with Crippen LogP contribution < -0.4 is 27.0 Å². The Morgan fingerprint density at radius 1 is 0.925 bits per heavy atom. The topological polar surface area (TPSA) is 226 Å². The van der Waals surface area contributed by atoms with Crippen molar-refractivity contribution >= 4 is 59.2 Å². The second-order valence-electron chi connectivity index (χ2n) is 12.8. The fourth-order valence-electron chi connectivity index (χ4n) is 4.44. The molecule has 1 saturated heterocycles. The molecule has 0 spiro atoms. The molecule has 3 atom stereocenters. The molecule has 300 valence electrons. The molecule has 7 N–H and O–H groups in total. The van der Waals surface area contributed by atoms with Crippen molar-refractivity contribution in [3.8, 4) is 0 Å². The van der Waals surface area contributed by atoms with Crippen LogP contribution in [0.5, 0.6) is 0 Å². The Bertz CT molecular complexity index is 1290. The van der Waals surface area contributed by atoms with E-state index in [9.17, 15) is 33.6 Å². The zero-order chi connectivity index (χ0) is 40.3. The molecular weight excluding hydrogens is 705 g/mol. The van der Waals surface area contributed by atoms with Gasteiger partial charge >= 0.3 is 12.2 Å². The van der Waals surface area contributed by atoms with Gasteiger partial charge in [-0.25, -0.2) is 9.59 Å². The van der Waals surface area contributed by atoms with Gasteiger partial charge in [-0.2, -0.15) is 0 Å². The van der Waals surface area contributed by atoms with Crippen molar-refractivity contribution in [1.29, 1.82) is 0 Å². The van der Waals surface area contributed by atoms with E-state index in [1.165, 1.54) is 17.7 Å². The van der Waals surface area contributed by atoms with Crippen molar-refractivity contribution in [2.24, 2.45) is 11.7 Å². The quantitative estimate of drug-likeness (QED) is 0.0580. The van der Waals surface area contributed by atoms with Crippen LogP contribution in [0.1, 0.15) is 112 Å². The largest absolute Gasteiger partial charge is 0.506 e. The van der Waals surface area contributed by atoms with Gasteiger partial charge in [0, 0.05) is 36.9 Å². The summed E-state index contributed by atoms with van der Waals surface area (Å²) < 4.78 is 4.48. The fraction of sp³-hybridized carbons (Fsp3) is 0.649. The number of carbonyl (C=O) groups is 7. The maximum absolute atomic E-state index is 12.7. The summed E-state index contributed by atoms with van der Waals surface area (Å²) in [4.78, 5) is 84.0. The molecule has 0 saturated carbocycles. The number of thioether (sulfide) groups is 1. The van der Waals surface area contributed by atoms with Gasteiger partial charge in [0.1, 0.15) is 12.6 Å². The molecule has 3 unspecified atom stereocenters. The second kappa shape index (κ2) is 28.2. The van der Waals surface area contributed by atoms with Crippen molar-refractivity contribution in [3.63, 3.8) is 0 Å². The first-order chi connectivity index (χ1) is 25.1. The standard InChI is InChI=1S/C29H42N4O8S.C4H10N2O.C4H10/c1-5-19(4)42-22-15-25(36)33(28(22)38)14-8-6-7-9-23(34)32-26(18(2)3)27(37)30-16-24(35)31-21-12-10-20(11-13-21)17-41-29(39)40;1-2-3-6-4(5)7;1-3-4-2/h10-13,18-19,22,26H,5-9,14-17H2,1-4H3,(H,30,37)(H,31,35)(H,32,34)(H,39,40);2-3H2,1H3,(H3,5,6,7);3-4H2,1-2H3. The van der Waals surface area contributed by atoms with Gasteiger partial charge in [-0.15, -0.1) is 11.8 Å². The number of ether oxygens (including phenoxy) is 1. The Hall–Kier alpha value is -4.34.